The standard InChI is InChI=1S/C5H14O4Si.Cs.H/c1-2-3-4-5-9-10(6,7)8;;/h6-8H,2-5H2,1H3;;/q;+1;-1. The summed E-state index contributed by atoms with van der Waals surface area (Å²) >= 11 is 0. The average Bonchev–Trinajstić information content (AvgIpc) is 1.78. The number of unbranched alkanes of at least 4 members (excludes halogenated alkanes) is 2. The van der Waals surface area contributed by atoms with Gasteiger partial charge in [-0.25, -0.2) is 0 Å². The summed E-state index contributed by atoms with van der Waals surface area (Å²) in [6.45, 7) is 2.26. The monoisotopic (exact) mass is 300 g/mol. The molecule has 0 aliphatic heterocycles. The second kappa shape index (κ2) is 8.70. The minimum atomic E-state index is -4.21. The molecule has 4 nitrogen and oxygen atoms in total. The first-order valence-electron chi connectivity index (χ1n) is 3.37. The fourth-order valence-corrected chi connectivity index (χ4v) is 0.979. The van der Waals surface area contributed by atoms with Gasteiger partial charge >= 0.3 is 77.9 Å². The van der Waals surface area contributed by atoms with Crippen molar-refractivity contribution in [2.45, 2.75) is 26.2 Å². The van der Waals surface area contributed by atoms with Crippen molar-refractivity contribution in [2.75, 3.05) is 6.61 Å². The van der Waals surface area contributed by atoms with E-state index < -0.39 is 9.05 Å². The summed E-state index contributed by atoms with van der Waals surface area (Å²) in [5.74, 6) is 0. The van der Waals surface area contributed by atoms with Crippen molar-refractivity contribution in [3.05, 3.63) is 0 Å². The van der Waals surface area contributed by atoms with Gasteiger partial charge in [-0.2, -0.15) is 0 Å². The van der Waals surface area contributed by atoms with Gasteiger partial charge in [-0.15, -0.1) is 0 Å². The molecule has 0 saturated carbocycles. The molecule has 0 aromatic carbocycles. The van der Waals surface area contributed by atoms with Crippen molar-refractivity contribution in [3.63, 3.8) is 0 Å². The summed E-state index contributed by atoms with van der Waals surface area (Å²) in [4.78, 5) is 25.0. The molecule has 3 N–H and O–H groups in total. The molecule has 0 rings (SSSR count). The predicted molar refractivity (Wildman–Crippen MR) is 39.0 cm³/mol. The molecule has 0 aromatic rings. The third kappa shape index (κ3) is 14.9. The molecular formula is C5H15CsO4Si. The van der Waals surface area contributed by atoms with Gasteiger partial charge < -0.3 is 20.2 Å². The maximum absolute atomic E-state index is 8.34. The van der Waals surface area contributed by atoms with E-state index in [1.807, 2.05) is 6.92 Å². The Labute approximate surface area is 128 Å². The van der Waals surface area contributed by atoms with Crippen molar-refractivity contribution in [1.82, 2.24) is 0 Å². The van der Waals surface area contributed by atoms with Gasteiger partial charge in [-0.1, -0.05) is 19.8 Å². The fraction of sp³-hybridized carbons (Fsp3) is 1.00. The Morgan fingerprint density at radius 3 is 2.18 bits per heavy atom. The molecular weight excluding hydrogens is 285 g/mol. The summed E-state index contributed by atoms with van der Waals surface area (Å²) in [6.07, 6.45) is 2.78. The molecule has 0 aliphatic rings. The Bertz CT molecular complexity index is 90.0. The predicted octanol–water partition coefficient (Wildman–Crippen LogP) is -3.28. The Morgan fingerprint density at radius 2 is 1.82 bits per heavy atom. The molecule has 0 radical (unpaired) electrons. The fourth-order valence-electron chi connectivity index (χ4n) is 0.561. The van der Waals surface area contributed by atoms with Crippen molar-refractivity contribution < 1.29 is 89.1 Å². The summed E-state index contributed by atoms with van der Waals surface area (Å²) in [7, 11) is -4.21. The van der Waals surface area contributed by atoms with E-state index in [1.165, 1.54) is 0 Å². The van der Waals surface area contributed by atoms with Crippen LogP contribution in [0.5, 0.6) is 0 Å². The van der Waals surface area contributed by atoms with Crippen LogP contribution >= 0.6 is 0 Å². The topological polar surface area (TPSA) is 69.9 Å². The quantitative estimate of drug-likeness (QED) is 0.368. The molecule has 6 heteroatoms. The minimum Gasteiger partial charge on any atom is -1.00 e. The number of hydrogen-bond acceptors (Lipinski definition) is 4. The third-order valence-corrected chi connectivity index (χ3v) is 1.64. The van der Waals surface area contributed by atoms with Crippen LogP contribution in [0.1, 0.15) is 27.6 Å². The summed E-state index contributed by atoms with van der Waals surface area (Å²) in [5.41, 5.74) is 0. The zero-order valence-corrected chi connectivity index (χ0v) is 14.4. The number of hydrogen-bond donors (Lipinski definition) is 3. The van der Waals surface area contributed by atoms with Gasteiger partial charge in [0.15, 0.2) is 0 Å². The first-order chi connectivity index (χ1) is 4.56. The first-order valence-corrected chi connectivity index (χ1v) is 5.12. The maximum atomic E-state index is 8.34. The van der Waals surface area contributed by atoms with Gasteiger partial charge in [0.2, 0.25) is 0 Å². The van der Waals surface area contributed by atoms with Gasteiger partial charge in [0.05, 0.1) is 0 Å². The maximum Gasteiger partial charge on any atom is 1.00 e. The van der Waals surface area contributed by atoms with Gasteiger partial charge in [-0.05, 0) is 6.42 Å². The smallest absolute Gasteiger partial charge is 1.00 e. The zero-order valence-electron chi connectivity index (χ0n) is 8.08. The average molecular weight is 300 g/mol. The number of rotatable bonds is 5. The van der Waals surface area contributed by atoms with Crippen molar-refractivity contribution in [2.24, 2.45) is 0 Å². The molecule has 0 amide bonds. The van der Waals surface area contributed by atoms with Crippen LogP contribution in [0.4, 0.5) is 0 Å². The van der Waals surface area contributed by atoms with Gasteiger partial charge in [0.25, 0.3) is 0 Å². The molecule has 11 heavy (non-hydrogen) atoms. The molecule has 0 heterocycles. The largest absolute Gasteiger partial charge is 1.00 e. The summed E-state index contributed by atoms with van der Waals surface area (Å²) in [5, 5.41) is 0. The molecule has 0 aromatic heterocycles. The second-order valence-corrected chi connectivity index (χ2v) is 3.57. The SMILES string of the molecule is CCCCCO[Si](O)(O)O.[Cs+].[H-]. The van der Waals surface area contributed by atoms with E-state index >= 15 is 0 Å². The van der Waals surface area contributed by atoms with E-state index in [0.29, 0.717) is 0 Å². The Balaban J connectivity index is -0.000000405. The third-order valence-electron chi connectivity index (χ3n) is 1.04. The Kier molecular flexibility index (Phi) is 12.3. The van der Waals surface area contributed by atoms with E-state index in [2.05, 4.69) is 4.43 Å². The van der Waals surface area contributed by atoms with Crippen LogP contribution in [0.25, 0.3) is 0 Å². The zero-order chi connectivity index (χ0) is 8.04. The first kappa shape index (κ1) is 15.6. The van der Waals surface area contributed by atoms with Gasteiger partial charge in [0, 0.05) is 6.61 Å². The van der Waals surface area contributed by atoms with Crippen LogP contribution in [0.15, 0.2) is 0 Å². The van der Waals surface area contributed by atoms with E-state index in [1.54, 1.807) is 0 Å². The Morgan fingerprint density at radius 1 is 1.27 bits per heavy atom. The second-order valence-electron chi connectivity index (χ2n) is 2.13. The van der Waals surface area contributed by atoms with Crippen molar-refractivity contribution in [1.29, 1.82) is 0 Å². The minimum absolute atomic E-state index is 0. The van der Waals surface area contributed by atoms with E-state index in [4.69, 9.17) is 14.4 Å². The van der Waals surface area contributed by atoms with Gasteiger partial charge in [0.1, 0.15) is 0 Å². The van der Waals surface area contributed by atoms with Crippen molar-refractivity contribution in [3.8, 4) is 0 Å². The molecule has 0 unspecified atom stereocenters. The van der Waals surface area contributed by atoms with Crippen LogP contribution in [-0.4, -0.2) is 30.0 Å². The molecule has 0 saturated heterocycles. The van der Waals surface area contributed by atoms with Crippen LogP contribution in [0, 0.1) is 0 Å². The van der Waals surface area contributed by atoms with Crippen LogP contribution in [-0.2, 0) is 4.43 Å². The molecule has 0 aliphatic carbocycles. The van der Waals surface area contributed by atoms with E-state index in [-0.39, 0.29) is 76.9 Å². The molecule has 0 spiro atoms. The van der Waals surface area contributed by atoms with E-state index in [9.17, 15) is 0 Å². The molecule has 0 bridgehead atoms. The van der Waals surface area contributed by atoms with Crippen LogP contribution in [0.2, 0.25) is 0 Å². The molecule has 0 atom stereocenters. The Hall–Kier alpha value is 2.11. The summed E-state index contributed by atoms with van der Waals surface area (Å²) in [6, 6.07) is 0. The van der Waals surface area contributed by atoms with Crippen LogP contribution < -0.4 is 68.9 Å². The van der Waals surface area contributed by atoms with Crippen molar-refractivity contribution >= 4 is 9.05 Å². The van der Waals surface area contributed by atoms with E-state index in [0.717, 1.165) is 19.3 Å². The van der Waals surface area contributed by atoms with Crippen LogP contribution in [0.3, 0.4) is 0 Å². The molecule has 0 fully saturated rings. The molecule has 64 valence electrons. The summed E-state index contributed by atoms with van der Waals surface area (Å²) < 4.78 is 4.34. The van der Waals surface area contributed by atoms with Gasteiger partial charge in [-0.3, -0.25) is 0 Å². The normalized spacial score (nSPS) is 10.9.